The first-order chi connectivity index (χ1) is 10.8. The number of hydrogen-bond donors (Lipinski definition) is 1. The summed E-state index contributed by atoms with van der Waals surface area (Å²) < 4.78 is 0. The lowest BCUT2D eigenvalue weighted by molar-refractivity contribution is -0.140. The number of carbonyl (C=O) groups is 2. The largest absolute Gasteiger partial charge is 0.352 e. The molecule has 2 atom stereocenters. The van der Waals surface area contributed by atoms with E-state index in [9.17, 15) is 9.59 Å². The van der Waals surface area contributed by atoms with Crippen LogP contribution in [0.25, 0.3) is 0 Å². The lowest BCUT2D eigenvalue weighted by atomic mass is 10.1. The highest BCUT2D eigenvalue weighted by Crippen LogP contribution is 2.26. The van der Waals surface area contributed by atoms with Gasteiger partial charge in [0.05, 0.1) is 0 Å². The van der Waals surface area contributed by atoms with E-state index in [0.717, 1.165) is 6.42 Å². The average molecular weight is 359 g/mol. The molecule has 2 unspecified atom stereocenters. The van der Waals surface area contributed by atoms with Gasteiger partial charge in [-0.15, -0.1) is 0 Å². The fourth-order valence-corrected chi connectivity index (χ4v) is 2.62. The first-order valence-electron chi connectivity index (χ1n) is 7.84. The zero-order chi connectivity index (χ0) is 17.6. The maximum atomic E-state index is 12.4. The Morgan fingerprint density at radius 2 is 1.74 bits per heavy atom. The molecule has 0 aromatic heterocycles. The summed E-state index contributed by atoms with van der Waals surface area (Å²) in [7, 11) is 0. The zero-order valence-electron chi connectivity index (χ0n) is 14.0. The van der Waals surface area contributed by atoms with Crippen LogP contribution in [0.2, 0.25) is 10.0 Å². The molecular weight excluding hydrogens is 335 g/mol. The van der Waals surface area contributed by atoms with Crippen LogP contribution >= 0.6 is 23.2 Å². The minimum Gasteiger partial charge on any atom is -0.352 e. The molecule has 0 aliphatic carbocycles. The van der Waals surface area contributed by atoms with Crippen LogP contribution < -0.4 is 5.32 Å². The molecule has 0 aliphatic heterocycles. The van der Waals surface area contributed by atoms with Crippen molar-refractivity contribution in [3.63, 3.8) is 0 Å². The predicted molar refractivity (Wildman–Crippen MR) is 94.7 cm³/mol. The van der Waals surface area contributed by atoms with Gasteiger partial charge in [-0.25, -0.2) is 0 Å². The number of nitrogens with zero attached hydrogens (tertiary/aromatic N) is 1. The van der Waals surface area contributed by atoms with Gasteiger partial charge in [-0.05, 0) is 32.4 Å². The molecule has 0 bridgehead atoms. The maximum absolute atomic E-state index is 12.4. The summed E-state index contributed by atoms with van der Waals surface area (Å²) >= 11 is 12.4. The highest BCUT2D eigenvalue weighted by molar-refractivity contribution is 6.36. The molecule has 0 saturated carbocycles. The van der Waals surface area contributed by atoms with E-state index in [1.807, 2.05) is 13.8 Å². The quantitative estimate of drug-likeness (QED) is 0.799. The standard InChI is InChI=1S/C17H24Cl2N2O2/c1-5-11(3)20-17(23)12(4)21(16(22)6-2)10-13-14(18)8-7-9-15(13)19/h7-9,11-12H,5-6,10H2,1-4H3,(H,20,23). The maximum Gasteiger partial charge on any atom is 0.242 e. The zero-order valence-corrected chi connectivity index (χ0v) is 15.5. The molecule has 23 heavy (non-hydrogen) atoms. The Morgan fingerprint density at radius 1 is 1.17 bits per heavy atom. The molecule has 2 amide bonds. The summed E-state index contributed by atoms with van der Waals surface area (Å²) in [6, 6.07) is 4.66. The molecule has 0 fully saturated rings. The van der Waals surface area contributed by atoms with Crippen LogP contribution in [0.4, 0.5) is 0 Å². The molecule has 0 saturated heterocycles. The van der Waals surface area contributed by atoms with Crippen molar-refractivity contribution < 1.29 is 9.59 Å². The molecule has 0 aliphatic rings. The average Bonchev–Trinajstić information content (AvgIpc) is 2.53. The van der Waals surface area contributed by atoms with E-state index in [1.54, 1.807) is 32.0 Å². The summed E-state index contributed by atoms with van der Waals surface area (Å²) in [6.07, 6.45) is 1.14. The number of amides is 2. The van der Waals surface area contributed by atoms with Crippen molar-refractivity contribution in [3.05, 3.63) is 33.8 Å². The van der Waals surface area contributed by atoms with E-state index >= 15 is 0 Å². The SMILES string of the molecule is CCC(=O)N(Cc1c(Cl)cccc1Cl)C(C)C(=O)NC(C)CC. The summed E-state index contributed by atoms with van der Waals surface area (Å²) in [4.78, 5) is 26.2. The Morgan fingerprint density at radius 3 is 2.22 bits per heavy atom. The van der Waals surface area contributed by atoms with Crippen molar-refractivity contribution in [2.45, 2.75) is 59.2 Å². The molecule has 1 N–H and O–H groups in total. The van der Waals surface area contributed by atoms with Gasteiger partial charge in [0, 0.05) is 34.6 Å². The van der Waals surface area contributed by atoms with E-state index < -0.39 is 6.04 Å². The molecule has 0 heterocycles. The van der Waals surface area contributed by atoms with Crippen molar-refractivity contribution in [1.82, 2.24) is 10.2 Å². The normalized spacial score (nSPS) is 13.3. The first kappa shape index (κ1) is 19.8. The predicted octanol–water partition coefficient (Wildman–Crippen LogP) is 4.04. The van der Waals surface area contributed by atoms with Crippen molar-refractivity contribution in [1.29, 1.82) is 0 Å². The molecule has 1 rings (SSSR count). The fraction of sp³-hybridized carbons (Fsp3) is 0.529. The molecule has 0 radical (unpaired) electrons. The van der Waals surface area contributed by atoms with Gasteiger partial charge in [-0.2, -0.15) is 0 Å². The number of carbonyl (C=O) groups excluding carboxylic acids is 2. The van der Waals surface area contributed by atoms with Gasteiger partial charge >= 0.3 is 0 Å². The van der Waals surface area contributed by atoms with Gasteiger partial charge in [0.1, 0.15) is 6.04 Å². The third kappa shape index (κ3) is 5.40. The molecule has 1 aromatic carbocycles. The van der Waals surface area contributed by atoms with Crippen LogP contribution in [0.1, 0.15) is 46.1 Å². The van der Waals surface area contributed by atoms with E-state index in [4.69, 9.17) is 23.2 Å². The van der Waals surface area contributed by atoms with Crippen LogP contribution in [-0.4, -0.2) is 28.8 Å². The summed E-state index contributed by atoms with van der Waals surface area (Å²) in [5, 5.41) is 3.88. The minimum absolute atomic E-state index is 0.0624. The lowest BCUT2D eigenvalue weighted by Crippen LogP contribution is -2.49. The van der Waals surface area contributed by atoms with Gasteiger partial charge < -0.3 is 10.2 Å². The molecular formula is C17H24Cl2N2O2. The van der Waals surface area contributed by atoms with Crippen LogP contribution in [0.5, 0.6) is 0 Å². The van der Waals surface area contributed by atoms with Crippen molar-refractivity contribution in [3.8, 4) is 0 Å². The third-order valence-electron chi connectivity index (χ3n) is 3.86. The Hall–Kier alpha value is -1.26. The smallest absolute Gasteiger partial charge is 0.242 e. The van der Waals surface area contributed by atoms with Crippen LogP contribution in [-0.2, 0) is 16.1 Å². The number of nitrogens with one attached hydrogen (secondary N) is 1. The molecule has 128 valence electrons. The van der Waals surface area contributed by atoms with Gasteiger partial charge in [0.2, 0.25) is 11.8 Å². The lowest BCUT2D eigenvalue weighted by Gasteiger charge is -2.30. The summed E-state index contributed by atoms with van der Waals surface area (Å²) in [5.41, 5.74) is 0.654. The number of benzene rings is 1. The third-order valence-corrected chi connectivity index (χ3v) is 4.57. The Kier molecular flexibility index (Phi) is 7.86. The fourth-order valence-electron chi connectivity index (χ4n) is 2.10. The van der Waals surface area contributed by atoms with E-state index in [1.165, 1.54) is 4.90 Å². The van der Waals surface area contributed by atoms with Crippen LogP contribution in [0, 0.1) is 0 Å². The second-order valence-electron chi connectivity index (χ2n) is 5.57. The molecule has 4 nitrogen and oxygen atoms in total. The Labute approximate surface area is 148 Å². The van der Waals surface area contributed by atoms with Gasteiger partial charge in [0.15, 0.2) is 0 Å². The number of halogens is 2. The van der Waals surface area contributed by atoms with Gasteiger partial charge in [0.25, 0.3) is 0 Å². The van der Waals surface area contributed by atoms with Gasteiger partial charge in [-0.3, -0.25) is 9.59 Å². The Bertz CT molecular complexity index is 543. The minimum atomic E-state index is -0.594. The van der Waals surface area contributed by atoms with Gasteiger partial charge in [-0.1, -0.05) is 43.1 Å². The first-order valence-corrected chi connectivity index (χ1v) is 8.60. The molecule has 1 aromatic rings. The van der Waals surface area contributed by atoms with E-state index in [2.05, 4.69) is 5.32 Å². The van der Waals surface area contributed by atoms with E-state index in [-0.39, 0.29) is 24.4 Å². The molecule has 0 spiro atoms. The summed E-state index contributed by atoms with van der Waals surface area (Å²) in [5.74, 6) is -0.294. The Balaban J connectivity index is 3.01. The van der Waals surface area contributed by atoms with Crippen molar-refractivity contribution >= 4 is 35.0 Å². The molecule has 6 heteroatoms. The van der Waals surface area contributed by atoms with Crippen molar-refractivity contribution in [2.24, 2.45) is 0 Å². The van der Waals surface area contributed by atoms with Crippen molar-refractivity contribution in [2.75, 3.05) is 0 Å². The second kappa shape index (κ2) is 9.14. The topological polar surface area (TPSA) is 49.4 Å². The second-order valence-corrected chi connectivity index (χ2v) is 6.38. The van der Waals surface area contributed by atoms with Crippen LogP contribution in [0.3, 0.4) is 0 Å². The number of rotatable bonds is 7. The monoisotopic (exact) mass is 358 g/mol. The highest BCUT2D eigenvalue weighted by Gasteiger charge is 2.26. The summed E-state index contributed by atoms with van der Waals surface area (Å²) in [6.45, 7) is 7.62. The van der Waals surface area contributed by atoms with E-state index in [0.29, 0.717) is 22.0 Å². The highest BCUT2D eigenvalue weighted by atomic mass is 35.5. The van der Waals surface area contributed by atoms with Crippen LogP contribution in [0.15, 0.2) is 18.2 Å². The number of hydrogen-bond acceptors (Lipinski definition) is 2.